The van der Waals surface area contributed by atoms with Gasteiger partial charge >= 0.3 is 0 Å². The second-order valence-electron chi connectivity index (χ2n) is 6.89. The number of nitrogens with one attached hydrogen (secondary N) is 1. The van der Waals surface area contributed by atoms with E-state index in [1.807, 2.05) is 20.8 Å². The maximum Gasteiger partial charge on any atom is 0.245 e. The molecule has 0 aromatic heterocycles. The van der Waals surface area contributed by atoms with Gasteiger partial charge in [-0.1, -0.05) is 20.8 Å². The fraction of sp³-hybridized carbons (Fsp3) is 0.882. The van der Waals surface area contributed by atoms with Crippen LogP contribution in [0.3, 0.4) is 0 Å². The molecule has 1 saturated heterocycles. The molecule has 1 N–H and O–H groups in total. The molecule has 5 nitrogen and oxygen atoms in total. The van der Waals surface area contributed by atoms with Crippen LogP contribution in [0, 0.1) is 5.92 Å². The van der Waals surface area contributed by atoms with Gasteiger partial charge in [0.1, 0.15) is 11.8 Å². The molecule has 0 radical (unpaired) electrons. The highest BCUT2D eigenvalue weighted by molar-refractivity contribution is 5.88. The Kier molecular flexibility index (Phi) is 5.48. The maximum atomic E-state index is 12.6. The van der Waals surface area contributed by atoms with Gasteiger partial charge in [0, 0.05) is 12.5 Å². The van der Waals surface area contributed by atoms with Crippen molar-refractivity contribution in [3.05, 3.63) is 0 Å². The van der Waals surface area contributed by atoms with Crippen LogP contribution in [0.5, 0.6) is 0 Å². The molecule has 1 aliphatic carbocycles. The van der Waals surface area contributed by atoms with Crippen LogP contribution in [0.1, 0.15) is 66.2 Å². The molecular weight excluding hydrogens is 280 g/mol. The zero-order valence-electron chi connectivity index (χ0n) is 14.4. The monoisotopic (exact) mass is 310 g/mol. The lowest BCUT2D eigenvalue weighted by molar-refractivity contribution is -0.161. The van der Waals surface area contributed by atoms with Gasteiger partial charge < -0.3 is 10.1 Å². The number of nitrogens with zero attached hydrogens (tertiary/aromatic N) is 1. The van der Waals surface area contributed by atoms with E-state index in [4.69, 9.17) is 4.74 Å². The molecule has 2 fully saturated rings. The Morgan fingerprint density at radius 2 is 1.95 bits per heavy atom. The summed E-state index contributed by atoms with van der Waals surface area (Å²) >= 11 is 0. The number of hydrogen-bond donors (Lipinski definition) is 1. The van der Waals surface area contributed by atoms with Gasteiger partial charge in [-0.2, -0.15) is 0 Å². The average molecular weight is 310 g/mol. The smallest absolute Gasteiger partial charge is 0.245 e. The molecule has 0 unspecified atom stereocenters. The Labute approximate surface area is 133 Å². The van der Waals surface area contributed by atoms with Crippen molar-refractivity contribution in [3.63, 3.8) is 0 Å². The Morgan fingerprint density at radius 1 is 1.32 bits per heavy atom. The summed E-state index contributed by atoms with van der Waals surface area (Å²) in [7, 11) is 0. The topological polar surface area (TPSA) is 58.6 Å². The fourth-order valence-corrected chi connectivity index (χ4v) is 3.47. The minimum atomic E-state index is -0.545. The summed E-state index contributed by atoms with van der Waals surface area (Å²) in [5, 5.41) is 3.00. The van der Waals surface area contributed by atoms with Gasteiger partial charge in [0.05, 0.1) is 6.61 Å². The van der Waals surface area contributed by atoms with Crippen LogP contribution in [0.4, 0.5) is 0 Å². The van der Waals surface area contributed by atoms with Crippen LogP contribution in [-0.4, -0.2) is 41.1 Å². The van der Waals surface area contributed by atoms with E-state index in [1.165, 1.54) is 0 Å². The van der Waals surface area contributed by atoms with Crippen molar-refractivity contribution < 1.29 is 14.3 Å². The van der Waals surface area contributed by atoms with Gasteiger partial charge in [-0.05, 0) is 44.9 Å². The highest BCUT2D eigenvalue weighted by Crippen LogP contribution is 2.42. The zero-order valence-corrected chi connectivity index (χ0v) is 14.4. The molecule has 1 spiro atoms. The van der Waals surface area contributed by atoms with E-state index in [1.54, 1.807) is 4.90 Å². The van der Waals surface area contributed by atoms with Crippen LogP contribution < -0.4 is 5.32 Å². The average Bonchev–Trinajstić information content (AvgIpc) is 2.88. The first-order chi connectivity index (χ1) is 10.4. The standard InChI is InChI=1S/C17H30N2O3/c1-5-13(4)18-16(21)14-11-22-17(19(14)15(20)6-2)9-7-12(3)8-10-17/h12-14H,5-11H2,1-4H3,(H,18,21)/t12?,13-,14-,17?/m0/s1. The number of hydrogen-bond acceptors (Lipinski definition) is 3. The molecule has 0 aromatic rings. The minimum absolute atomic E-state index is 0.0244. The summed E-state index contributed by atoms with van der Waals surface area (Å²) in [6.07, 6.45) is 5.07. The number of ether oxygens (including phenoxy) is 1. The first-order valence-corrected chi connectivity index (χ1v) is 8.70. The van der Waals surface area contributed by atoms with E-state index < -0.39 is 11.8 Å². The van der Waals surface area contributed by atoms with Crippen molar-refractivity contribution in [2.75, 3.05) is 6.61 Å². The molecular formula is C17H30N2O3. The molecule has 1 aliphatic heterocycles. The predicted octanol–water partition coefficient (Wildman–Crippen LogP) is 2.44. The van der Waals surface area contributed by atoms with Gasteiger partial charge in [0.2, 0.25) is 11.8 Å². The molecule has 2 aliphatic rings. The summed E-state index contributed by atoms with van der Waals surface area (Å²) in [6.45, 7) is 8.43. The second-order valence-corrected chi connectivity index (χ2v) is 6.89. The van der Waals surface area contributed by atoms with Gasteiger partial charge in [0.15, 0.2) is 0 Å². The lowest BCUT2D eigenvalue weighted by atomic mass is 9.83. The minimum Gasteiger partial charge on any atom is -0.353 e. The van der Waals surface area contributed by atoms with E-state index >= 15 is 0 Å². The van der Waals surface area contributed by atoms with Gasteiger partial charge in [-0.25, -0.2) is 0 Å². The highest BCUT2D eigenvalue weighted by atomic mass is 16.5. The van der Waals surface area contributed by atoms with Gasteiger partial charge in [-0.15, -0.1) is 0 Å². The molecule has 1 heterocycles. The third-order valence-corrected chi connectivity index (χ3v) is 5.19. The Bertz CT molecular complexity index is 416. The molecule has 5 heteroatoms. The summed E-state index contributed by atoms with van der Waals surface area (Å²) < 4.78 is 6.06. The van der Waals surface area contributed by atoms with Crippen LogP contribution in [-0.2, 0) is 14.3 Å². The van der Waals surface area contributed by atoms with E-state index in [2.05, 4.69) is 12.2 Å². The van der Waals surface area contributed by atoms with Crippen molar-refractivity contribution in [3.8, 4) is 0 Å². The van der Waals surface area contributed by atoms with Crippen molar-refractivity contribution in [2.24, 2.45) is 5.92 Å². The van der Waals surface area contributed by atoms with Crippen molar-refractivity contribution in [2.45, 2.75) is 84.0 Å². The number of rotatable bonds is 4. The summed E-state index contributed by atoms with van der Waals surface area (Å²) in [6, 6.07) is -0.358. The van der Waals surface area contributed by atoms with Crippen LogP contribution in [0.25, 0.3) is 0 Å². The van der Waals surface area contributed by atoms with Gasteiger partial charge in [0.25, 0.3) is 0 Å². The summed E-state index contributed by atoms with van der Waals surface area (Å²) in [4.78, 5) is 26.8. The van der Waals surface area contributed by atoms with Crippen LogP contribution >= 0.6 is 0 Å². The van der Waals surface area contributed by atoms with E-state index in [-0.39, 0.29) is 17.9 Å². The Hall–Kier alpha value is -1.10. The molecule has 2 atom stereocenters. The normalized spacial score (nSPS) is 33.0. The predicted molar refractivity (Wildman–Crippen MR) is 85.1 cm³/mol. The van der Waals surface area contributed by atoms with Gasteiger partial charge in [-0.3, -0.25) is 14.5 Å². The highest BCUT2D eigenvalue weighted by Gasteiger charge is 2.52. The summed E-state index contributed by atoms with van der Waals surface area (Å²) in [5.41, 5.74) is -0.545. The quantitative estimate of drug-likeness (QED) is 0.867. The van der Waals surface area contributed by atoms with E-state index in [0.29, 0.717) is 18.9 Å². The molecule has 2 rings (SSSR count). The molecule has 1 saturated carbocycles. The summed E-state index contributed by atoms with van der Waals surface area (Å²) in [5.74, 6) is 0.615. The largest absolute Gasteiger partial charge is 0.353 e. The van der Waals surface area contributed by atoms with E-state index in [0.717, 1.165) is 32.1 Å². The Morgan fingerprint density at radius 3 is 2.50 bits per heavy atom. The van der Waals surface area contributed by atoms with Crippen molar-refractivity contribution in [1.29, 1.82) is 0 Å². The zero-order chi connectivity index (χ0) is 16.3. The fourth-order valence-electron chi connectivity index (χ4n) is 3.47. The molecule has 126 valence electrons. The second kappa shape index (κ2) is 6.99. The third kappa shape index (κ3) is 3.29. The SMILES string of the molecule is CCC(=O)N1[C@H](C(=O)N[C@@H](C)CC)COC12CCC(C)CC2. The van der Waals surface area contributed by atoms with Crippen molar-refractivity contribution >= 4 is 11.8 Å². The van der Waals surface area contributed by atoms with Crippen LogP contribution in [0.2, 0.25) is 0 Å². The lowest BCUT2D eigenvalue weighted by Gasteiger charge is -2.43. The molecule has 22 heavy (non-hydrogen) atoms. The number of amides is 2. The molecule has 0 aromatic carbocycles. The molecule has 0 bridgehead atoms. The number of carbonyl (C=O) groups is 2. The Balaban J connectivity index is 2.17. The molecule has 2 amide bonds. The third-order valence-electron chi connectivity index (χ3n) is 5.19. The van der Waals surface area contributed by atoms with Crippen LogP contribution in [0.15, 0.2) is 0 Å². The first-order valence-electron chi connectivity index (χ1n) is 8.70. The van der Waals surface area contributed by atoms with Crippen molar-refractivity contribution in [1.82, 2.24) is 10.2 Å². The number of carbonyl (C=O) groups excluding carboxylic acids is 2. The lowest BCUT2D eigenvalue weighted by Crippen LogP contribution is -2.57. The van der Waals surface area contributed by atoms with E-state index in [9.17, 15) is 9.59 Å². The first kappa shape index (κ1) is 17.3. The maximum absolute atomic E-state index is 12.6.